The molecular weight excluding hydrogens is 198 g/mol. The van der Waals surface area contributed by atoms with Crippen molar-refractivity contribution < 1.29 is 34.3 Å². The van der Waals surface area contributed by atoms with E-state index >= 15 is 0 Å². The zero-order valence-electron chi connectivity index (χ0n) is 6.75. The van der Waals surface area contributed by atoms with Crippen molar-refractivity contribution in [3.63, 3.8) is 0 Å². The monoisotopic (exact) mass is 204 g/mol. The molecule has 1 aromatic carbocycles. The SMILES string of the molecule is OOB(O)OOc1cc(O)cc(F)c1. The molecule has 3 N–H and O–H groups in total. The lowest BCUT2D eigenvalue weighted by Gasteiger charge is -2.05. The number of hydrogen-bond donors (Lipinski definition) is 3. The summed E-state index contributed by atoms with van der Waals surface area (Å²) in [4.78, 5) is 11.6. The van der Waals surface area contributed by atoms with Crippen LogP contribution in [0.3, 0.4) is 0 Å². The first-order chi connectivity index (χ1) is 6.61. The Bertz CT molecular complexity index is 288. The summed E-state index contributed by atoms with van der Waals surface area (Å²) >= 11 is 0. The Morgan fingerprint density at radius 3 is 2.57 bits per heavy atom. The van der Waals surface area contributed by atoms with Crippen molar-refractivity contribution in [2.75, 3.05) is 0 Å². The summed E-state index contributed by atoms with van der Waals surface area (Å²) in [6.07, 6.45) is 0. The van der Waals surface area contributed by atoms with Crippen molar-refractivity contribution in [2.45, 2.75) is 0 Å². The van der Waals surface area contributed by atoms with E-state index in [1.54, 1.807) is 0 Å². The Hall–Kier alpha value is -1.35. The van der Waals surface area contributed by atoms with Crippen molar-refractivity contribution in [2.24, 2.45) is 0 Å². The third-order valence-corrected chi connectivity index (χ3v) is 1.17. The minimum Gasteiger partial charge on any atom is -0.508 e. The minimum atomic E-state index is -2.01. The molecule has 1 aromatic rings. The zero-order chi connectivity index (χ0) is 10.6. The Labute approximate surface area is 78.1 Å². The minimum absolute atomic E-state index is 0.196. The van der Waals surface area contributed by atoms with Crippen molar-refractivity contribution in [1.82, 2.24) is 0 Å². The molecule has 1 rings (SSSR count). The molecule has 0 fully saturated rings. The third-order valence-electron chi connectivity index (χ3n) is 1.17. The normalized spacial score (nSPS) is 9.93. The average Bonchev–Trinajstić information content (AvgIpc) is 2.12. The lowest BCUT2D eigenvalue weighted by Crippen LogP contribution is -2.22. The lowest BCUT2D eigenvalue weighted by molar-refractivity contribution is -0.229. The second-order valence-corrected chi connectivity index (χ2v) is 2.24. The molecule has 0 bridgehead atoms. The summed E-state index contributed by atoms with van der Waals surface area (Å²) in [7, 11) is -2.01. The molecule has 0 amide bonds. The molecular formula is C6H6BFO6. The Kier molecular flexibility index (Phi) is 3.66. The van der Waals surface area contributed by atoms with Gasteiger partial charge in [-0.1, -0.05) is 0 Å². The zero-order valence-corrected chi connectivity index (χ0v) is 6.75. The van der Waals surface area contributed by atoms with Crippen LogP contribution in [-0.4, -0.2) is 22.7 Å². The molecule has 0 aliphatic carbocycles. The van der Waals surface area contributed by atoms with Crippen molar-refractivity contribution >= 4 is 7.32 Å². The van der Waals surface area contributed by atoms with Gasteiger partial charge >= 0.3 is 7.32 Å². The molecule has 0 heterocycles. The number of halogens is 1. The largest absolute Gasteiger partial charge is 0.703 e. The van der Waals surface area contributed by atoms with E-state index in [2.05, 4.69) is 14.5 Å². The molecule has 0 aliphatic heterocycles. The quantitative estimate of drug-likeness (QED) is 0.371. The van der Waals surface area contributed by atoms with Crippen LogP contribution in [0.2, 0.25) is 0 Å². The molecule has 76 valence electrons. The number of aromatic hydroxyl groups is 1. The van der Waals surface area contributed by atoms with Crippen LogP contribution in [0.4, 0.5) is 4.39 Å². The van der Waals surface area contributed by atoms with Crippen LogP contribution in [0.25, 0.3) is 0 Å². The van der Waals surface area contributed by atoms with Crippen molar-refractivity contribution in [3.05, 3.63) is 24.0 Å². The van der Waals surface area contributed by atoms with E-state index in [-0.39, 0.29) is 11.5 Å². The van der Waals surface area contributed by atoms with Gasteiger partial charge in [-0.05, 0) is 0 Å². The van der Waals surface area contributed by atoms with Gasteiger partial charge < -0.3 is 15.0 Å². The van der Waals surface area contributed by atoms with Crippen LogP contribution in [-0.2, 0) is 9.61 Å². The summed E-state index contributed by atoms with van der Waals surface area (Å²) < 4.78 is 12.6. The van der Waals surface area contributed by atoms with Crippen molar-refractivity contribution in [3.8, 4) is 11.5 Å². The van der Waals surface area contributed by atoms with Crippen LogP contribution in [0.1, 0.15) is 0 Å². The first-order valence-electron chi connectivity index (χ1n) is 3.43. The average molecular weight is 204 g/mol. The molecule has 6 nitrogen and oxygen atoms in total. The fourth-order valence-corrected chi connectivity index (χ4v) is 0.710. The van der Waals surface area contributed by atoms with Crippen LogP contribution < -0.4 is 4.89 Å². The summed E-state index contributed by atoms with van der Waals surface area (Å²) in [5.74, 6) is -1.32. The van der Waals surface area contributed by atoms with E-state index in [4.69, 9.17) is 15.4 Å². The molecule has 0 saturated heterocycles. The molecule has 0 atom stereocenters. The fraction of sp³-hybridized carbons (Fsp3) is 0. The first-order valence-corrected chi connectivity index (χ1v) is 3.43. The molecule has 14 heavy (non-hydrogen) atoms. The summed E-state index contributed by atoms with van der Waals surface area (Å²) in [5, 5.41) is 25.2. The van der Waals surface area contributed by atoms with Gasteiger partial charge in [-0.2, -0.15) is 4.81 Å². The van der Waals surface area contributed by atoms with Crippen molar-refractivity contribution in [1.29, 1.82) is 0 Å². The highest BCUT2D eigenvalue weighted by Gasteiger charge is 2.18. The van der Waals surface area contributed by atoms with E-state index in [0.29, 0.717) is 0 Å². The number of phenols is 1. The molecule has 8 heteroatoms. The maximum atomic E-state index is 12.6. The summed E-state index contributed by atoms with van der Waals surface area (Å²) in [6, 6.07) is 2.78. The van der Waals surface area contributed by atoms with Gasteiger partial charge in [0.25, 0.3) is 0 Å². The van der Waals surface area contributed by atoms with E-state index in [9.17, 15) is 4.39 Å². The topological polar surface area (TPSA) is 88.4 Å². The Morgan fingerprint density at radius 2 is 2.00 bits per heavy atom. The second kappa shape index (κ2) is 4.77. The van der Waals surface area contributed by atoms with Crippen LogP contribution in [0.5, 0.6) is 11.5 Å². The standard InChI is InChI=1S/C6H6BFO6/c8-4-1-5(9)3-6(2-4)12-14-7(10)13-11/h1-3,9-11H. The number of hydrogen-bond acceptors (Lipinski definition) is 6. The lowest BCUT2D eigenvalue weighted by atomic mass is 10.3. The molecule has 0 radical (unpaired) electrons. The summed E-state index contributed by atoms with van der Waals surface area (Å²) in [6.45, 7) is 0. The Morgan fingerprint density at radius 1 is 1.29 bits per heavy atom. The van der Waals surface area contributed by atoms with Gasteiger partial charge in [0, 0.05) is 18.2 Å². The predicted molar refractivity (Wildman–Crippen MR) is 41.5 cm³/mol. The van der Waals surface area contributed by atoms with Crippen LogP contribution >= 0.6 is 0 Å². The van der Waals surface area contributed by atoms with E-state index in [1.165, 1.54) is 0 Å². The highest BCUT2D eigenvalue weighted by Crippen LogP contribution is 2.20. The molecule has 0 unspecified atom stereocenters. The van der Waals surface area contributed by atoms with Gasteiger partial charge in [0.15, 0.2) is 5.75 Å². The van der Waals surface area contributed by atoms with Gasteiger partial charge in [-0.3, -0.25) is 5.26 Å². The van der Waals surface area contributed by atoms with Crippen LogP contribution in [0.15, 0.2) is 18.2 Å². The highest BCUT2D eigenvalue weighted by molar-refractivity contribution is 6.33. The van der Waals surface area contributed by atoms with E-state index in [1.807, 2.05) is 0 Å². The number of rotatable bonds is 4. The highest BCUT2D eigenvalue weighted by atomic mass is 19.1. The smallest absolute Gasteiger partial charge is 0.508 e. The maximum Gasteiger partial charge on any atom is 0.703 e. The van der Waals surface area contributed by atoms with Gasteiger partial charge in [0.2, 0.25) is 0 Å². The second-order valence-electron chi connectivity index (χ2n) is 2.24. The predicted octanol–water partition coefficient (Wildman–Crippen LogP) is 0.308. The summed E-state index contributed by atoms with van der Waals surface area (Å²) in [5.41, 5.74) is 0. The maximum absolute atomic E-state index is 12.6. The Balaban J connectivity index is 2.58. The third kappa shape index (κ3) is 3.19. The first kappa shape index (κ1) is 10.7. The van der Waals surface area contributed by atoms with Gasteiger partial charge in [-0.25, -0.2) is 9.20 Å². The fourth-order valence-electron chi connectivity index (χ4n) is 0.710. The van der Waals surface area contributed by atoms with Gasteiger partial charge in [-0.15, -0.1) is 0 Å². The molecule has 0 aromatic heterocycles. The van der Waals surface area contributed by atoms with Crippen LogP contribution in [0, 0.1) is 5.82 Å². The van der Waals surface area contributed by atoms with Gasteiger partial charge in [0.05, 0.1) is 0 Å². The van der Waals surface area contributed by atoms with E-state index < -0.39 is 13.1 Å². The number of phenolic OH excluding ortho intramolecular Hbond substituents is 1. The number of benzene rings is 1. The molecule has 0 saturated carbocycles. The molecule has 0 aliphatic rings. The van der Waals surface area contributed by atoms with Gasteiger partial charge in [0.1, 0.15) is 11.6 Å². The molecule has 0 spiro atoms. The van der Waals surface area contributed by atoms with E-state index in [0.717, 1.165) is 18.2 Å².